The number of imide groups is 1. The average molecular weight is 339 g/mol. The second kappa shape index (κ2) is 5.55. The third-order valence-corrected chi connectivity index (χ3v) is 5.67. The number of amides is 2. The summed E-state index contributed by atoms with van der Waals surface area (Å²) in [7, 11) is 0. The van der Waals surface area contributed by atoms with Crippen LogP contribution in [-0.2, 0) is 14.4 Å². The molecule has 4 unspecified atom stereocenters. The number of hydrogen-bond donors (Lipinski definition) is 0. The predicted molar refractivity (Wildman–Crippen MR) is 90.7 cm³/mol. The average Bonchev–Trinajstić information content (AvgIpc) is 3.21. The van der Waals surface area contributed by atoms with Crippen molar-refractivity contribution < 1.29 is 19.1 Å². The van der Waals surface area contributed by atoms with Crippen LogP contribution in [-0.4, -0.2) is 29.2 Å². The van der Waals surface area contributed by atoms with Gasteiger partial charge in [0.05, 0.1) is 11.8 Å². The molecule has 2 fully saturated rings. The van der Waals surface area contributed by atoms with Gasteiger partial charge in [-0.25, -0.2) is 4.79 Å². The van der Waals surface area contributed by atoms with E-state index in [2.05, 4.69) is 0 Å². The van der Waals surface area contributed by atoms with Crippen LogP contribution in [0.2, 0.25) is 0 Å². The van der Waals surface area contributed by atoms with E-state index < -0.39 is 5.97 Å². The summed E-state index contributed by atoms with van der Waals surface area (Å²) in [6.45, 7) is 5.43. The van der Waals surface area contributed by atoms with Crippen LogP contribution in [0.5, 0.6) is 5.75 Å². The number of fused-ring (bicyclic) bond motifs is 5. The summed E-state index contributed by atoms with van der Waals surface area (Å²) in [6.07, 6.45) is 4.96. The SMILES string of the molecule is Cc1cc(C)c(OC(=O)CN2C(=O)C3C4C=CC(C4)C3C2=O)c(C)c1. The van der Waals surface area contributed by atoms with Crippen molar-refractivity contribution in [2.45, 2.75) is 27.2 Å². The van der Waals surface area contributed by atoms with Gasteiger partial charge in [-0.1, -0.05) is 29.8 Å². The lowest BCUT2D eigenvalue weighted by molar-refractivity contribution is -0.148. The monoisotopic (exact) mass is 339 g/mol. The molecule has 0 radical (unpaired) electrons. The molecule has 2 aliphatic carbocycles. The molecule has 1 saturated carbocycles. The van der Waals surface area contributed by atoms with Gasteiger partial charge < -0.3 is 4.74 Å². The topological polar surface area (TPSA) is 63.7 Å². The summed E-state index contributed by atoms with van der Waals surface area (Å²) in [6, 6.07) is 3.88. The fraction of sp³-hybridized carbons (Fsp3) is 0.450. The number of likely N-dealkylation sites (tertiary alicyclic amines) is 1. The van der Waals surface area contributed by atoms with E-state index in [9.17, 15) is 14.4 Å². The smallest absolute Gasteiger partial charge is 0.331 e. The van der Waals surface area contributed by atoms with Gasteiger partial charge in [0, 0.05) is 0 Å². The molecule has 4 atom stereocenters. The van der Waals surface area contributed by atoms with Gasteiger partial charge in [0.2, 0.25) is 11.8 Å². The number of nitrogens with zero attached hydrogens (tertiary/aromatic N) is 1. The van der Waals surface area contributed by atoms with E-state index in [1.165, 1.54) is 0 Å². The Morgan fingerprint density at radius 2 is 1.56 bits per heavy atom. The van der Waals surface area contributed by atoms with E-state index in [-0.39, 0.29) is 42.0 Å². The van der Waals surface area contributed by atoms with Gasteiger partial charge in [-0.3, -0.25) is 14.5 Å². The van der Waals surface area contributed by atoms with Crippen LogP contribution in [0, 0.1) is 44.4 Å². The first-order chi connectivity index (χ1) is 11.9. The van der Waals surface area contributed by atoms with Gasteiger partial charge in [0.1, 0.15) is 12.3 Å². The number of aryl methyl sites for hydroxylation is 3. The highest BCUT2D eigenvalue weighted by Crippen LogP contribution is 2.52. The van der Waals surface area contributed by atoms with Crippen LogP contribution in [0.15, 0.2) is 24.3 Å². The lowest BCUT2D eigenvalue weighted by Gasteiger charge is -2.17. The number of carbonyl (C=O) groups excluding carboxylic acids is 3. The molecule has 25 heavy (non-hydrogen) atoms. The van der Waals surface area contributed by atoms with E-state index in [0.717, 1.165) is 28.0 Å². The number of esters is 1. The maximum absolute atomic E-state index is 12.6. The minimum Gasteiger partial charge on any atom is -0.425 e. The molecule has 1 heterocycles. The molecule has 0 N–H and O–H groups in total. The lowest BCUT2D eigenvalue weighted by Crippen LogP contribution is -2.38. The normalized spacial score (nSPS) is 29.5. The zero-order chi connectivity index (χ0) is 17.9. The molecule has 0 aromatic heterocycles. The lowest BCUT2D eigenvalue weighted by atomic mass is 9.85. The number of ether oxygens (including phenoxy) is 1. The van der Waals surface area contributed by atoms with E-state index >= 15 is 0 Å². The Morgan fingerprint density at radius 1 is 1.04 bits per heavy atom. The molecule has 2 bridgehead atoms. The Balaban J connectivity index is 1.49. The Bertz CT molecular complexity index is 772. The van der Waals surface area contributed by atoms with E-state index in [1.807, 2.05) is 45.1 Å². The van der Waals surface area contributed by atoms with Crippen molar-refractivity contribution in [1.29, 1.82) is 0 Å². The fourth-order valence-corrected chi connectivity index (χ4v) is 4.72. The minimum absolute atomic E-state index is 0.147. The summed E-state index contributed by atoms with van der Waals surface area (Å²) < 4.78 is 5.48. The number of hydrogen-bond acceptors (Lipinski definition) is 4. The fourth-order valence-electron chi connectivity index (χ4n) is 4.72. The first kappa shape index (κ1) is 16.1. The van der Waals surface area contributed by atoms with Crippen LogP contribution >= 0.6 is 0 Å². The molecule has 1 aromatic rings. The standard InChI is InChI=1S/C20H21NO4/c1-10-6-11(2)18(12(3)7-10)25-15(22)9-21-19(23)16-13-4-5-14(8-13)17(16)20(21)24/h4-7,13-14,16-17H,8-9H2,1-3H3. The summed E-state index contributed by atoms with van der Waals surface area (Å²) in [5, 5.41) is 0. The minimum atomic E-state index is -0.572. The van der Waals surface area contributed by atoms with Crippen LogP contribution in [0.3, 0.4) is 0 Å². The van der Waals surface area contributed by atoms with E-state index in [4.69, 9.17) is 4.74 Å². The second-order valence-corrected chi connectivity index (χ2v) is 7.46. The largest absolute Gasteiger partial charge is 0.425 e. The highest BCUT2D eigenvalue weighted by atomic mass is 16.5. The van der Waals surface area contributed by atoms with Gasteiger partial charge >= 0.3 is 5.97 Å². The van der Waals surface area contributed by atoms with Crippen LogP contribution < -0.4 is 4.74 Å². The van der Waals surface area contributed by atoms with Crippen molar-refractivity contribution >= 4 is 17.8 Å². The van der Waals surface area contributed by atoms with Crippen molar-refractivity contribution in [3.05, 3.63) is 41.0 Å². The van der Waals surface area contributed by atoms with Crippen molar-refractivity contribution in [3.63, 3.8) is 0 Å². The summed E-state index contributed by atoms with van der Waals surface area (Å²) in [5.74, 6) is -0.768. The molecule has 4 rings (SSSR count). The van der Waals surface area contributed by atoms with Crippen molar-refractivity contribution in [2.75, 3.05) is 6.54 Å². The summed E-state index contributed by atoms with van der Waals surface area (Å²) in [5.41, 5.74) is 2.82. The molecule has 1 aromatic carbocycles. The van der Waals surface area contributed by atoms with Gasteiger partial charge in [0.15, 0.2) is 0 Å². The maximum atomic E-state index is 12.6. The van der Waals surface area contributed by atoms with Crippen LogP contribution in [0.1, 0.15) is 23.1 Å². The van der Waals surface area contributed by atoms with Crippen molar-refractivity contribution in [3.8, 4) is 5.75 Å². The van der Waals surface area contributed by atoms with Crippen molar-refractivity contribution in [1.82, 2.24) is 4.90 Å². The Kier molecular flexibility index (Phi) is 3.56. The van der Waals surface area contributed by atoms with Crippen LogP contribution in [0.4, 0.5) is 0 Å². The molecule has 2 amide bonds. The molecule has 1 saturated heterocycles. The number of benzene rings is 1. The van der Waals surface area contributed by atoms with Gasteiger partial charge in [0.25, 0.3) is 0 Å². The van der Waals surface area contributed by atoms with E-state index in [0.29, 0.717) is 5.75 Å². The Hall–Kier alpha value is -2.43. The second-order valence-electron chi connectivity index (χ2n) is 7.46. The zero-order valence-corrected chi connectivity index (χ0v) is 14.6. The Morgan fingerprint density at radius 3 is 2.08 bits per heavy atom. The maximum Gasteiger partial charge on any atom is 0.331 e. The third-order valence-electron chi connectivity index (χ3n) is 5.67. The summed E-state index contributed by atoms with van der Waals surface area (Å²) >= 11 is 0. The van der Waals surface area contributed by atoms with E-state index in [1.54, 1.807) is 0 Å². The first-order valence-electron chi connectivity index (χ1n) is 8.69. The molecule has 5 nitrogen and oxygen atoms in total. The quantitative estimate of drug-likeness (QED) is 0.367. The predicted octanol–water partition coefficient (Wildman–Crippen LogP) is 2.32. The highest BCUT2D eigenvalue weighted by molar-refractivity contribution is 6.08. The zero-order valence-electron chi connectivity index (χ0n) is 14.6. The highest BCUT2D eigenvalue weighted by Gasteiger charge is 2.59. The molecular formula is C20H21NO4. The third kappa shape index (κ3) is 2.41. The first-order valence-corrected chi connectivity index (χ1v) is 8.69. The van der Waals surface area contributed by atoms with Gasteiger partial charge in [-0.2, -0.15) is 0 Å². The molecule has 5 heteroatoms. The molecule has 130 valence electrons. The molecule has 1 aliphatic heterocycles. The Labute approximate surface area is 146 Å². The molecule has 0 spiro atoms. The number of allylic oxidation sites excluding steroid dienone is 2. The van der Waals surface area contributed by atoms with Gasteiger partial charge in [-0.15, -0.1) is 0 Å². The number of rotatable bonds is 3. The van der Waals surface area contributed by atoms with Crippen molar-refractivity contribution in [2.24, 2.45) is 23.7 Å². The molecule has 3 aliphatic rings. The summed E-state index contributed by atoms with van der Waals surface area (Å²) in [4.78, 5) is 38.7. The van der Waals surface area contributed by atoms with Crippen LogP contribution in [0.25, 0.3) is 0 Å². The number of carbonyl (C=O) groups is 3. The van der Waals surface area contributed by atoms with Gasteiger partial charge in [-0.05, 0) is 50.2 Å². The molecular weight excluding hydrogens is 318 g/mol.